The minimum absolute atomic E-state index is 0. The molecule has 1 fully saturated rings. The van der Waals surface area contributed by atoms with Crippen LogP contribution in [0, 0.1) is 12.3 Å². The van der Waals surface area contributed by atoms with Gasteiger partial charge >= 0.3 is 0 Å². The Hall–Kier alpha value is -0.990. The topological polar surface area (TPSA) is 77.2 Å². The SMILES string of the molecule is Cc1nc(-c2ccc(CCNC(=O)C3(CN)CCOCC3)s2)cs1.Cl. The zero-order valence-electron chi connectivity index (χ0n) is 14.2. The van der Waals surface area contributed by atoms with Crippen LogP contribution < -0.4 is 11.1 Å². The van der Waals surface area contributed by atoms with E-state index >= 15 is 0 Å². The molecule has 3 N–H and O–H groups in total. The summed E-state index contributed by atoms with van der Waals surface area (Å²) in [5.41, 5.74) is 6.47. The maximum Gasteiger partial charge on any atom is 0.227 e. The number of nitrogens with two attached hydrogens (primary N) is 1. The Morgan fingerprint density at radius 2 is 2.16 bits per heavy atom. The van der Waals surface area contributed by atoms with Gasteiger partial charge in [0.2, 0.25) is 5.91 Å². The lowest BCUT2D eigenvalue weighted by Gasteiger charge is -2.34. The van der Waals surface area contributed by atoms with E-state index in [-0.39, 0.29) is 18.3 Å². The molecule has 1 saturated heterocycles. The van der Waals surface area contributed by atoms with Crippen molar-refractivity contribution in [2.75, 3.05) is 26.3 Å². The highest BCUT2D eigenvalue weighted by molar-refractivity contribution is 7.16. The van der Waals surface area contributed by atoms with Gasteiger partial charge in [-0.05, 0) is 38.3 Å². The fraction of sp³-hybridized carbons (Fsp3) is 0.529. The van der Waals surface area contributed by atoms with Gasteiger partial charge in [0.25, 0.3) is 0 Å². The van der Waals surface area contributed by atoms with Crippen molar-refractivity contribution in [1.29, 1.82) is 0 Å². The van der Waals surface area contributed by atoms with E-state index in [2.05, 4.69) is 27.8 Å². The van der Waals surface area contributed by atoms with Crippen LogP contribution in [-0.2, 0) is 16.0 Å². The quantitative estimate of drug-likeness (QED) is 0.779. The van der Waals surface area contributed by atoms with E-state index in [1.54, 1.807) is 22.7 Å². The number of thiophene rings is 1. The second-order valence-corrected chi connectivity index (χ2v) is 8.35. The molecule has 0 spiro atoms. The zero-order chi connectivity index (χ0) is 17.0. The minimum atomic E-state index is -0.447. The van der Waals surface area contributed by atoms with E-state index in [9.17, 15) is 4.79 Å². The molecule has 0 aliphatic carbocycles. The molecule has 25 heavy (non-hydrogen) atoms. The molecule has 0 saturated carbocycles. The normalized spacial score (nSPS) is 16.2. The Balaban J connectivity index is 0.00000225. The van der Waals surface area contributed by atoms with E-state index in [0.717, 1.165) is 17.1 Å². The number of ether oxygens (including phenoxy) is 1. The summed E-state index contributed by atoms with van der Waals surface area (Å²) in [5.74, 6) is 0.0696. The van der Waals surface area contributed by atoms with Crippen molar-refractivity contribution in [2.24, 2.45) is 11.1 Å². The van der Waals surface area contributed by atoms with E-state index < -0.39 is 5.41 Å². The second-order valence-electron chi connectivity index (χ2n) is 6.12. The van der Waals surface area contributed by atoms with Crippen molar-refractivity contribution in [3.63, 3.8) is 0 Å². The van der Waals surface area contributed by atoms with Gasteiger partial charge in [-0.2, -0.15) is 0 Å². The Labute approximate surface area is 162 Å². The molecule has 0 bridgehead atoms. The molecule has 1 aliphatic rings. The Kier molecular flexibility index (Phi) is 7.39. The molecule has 1 amide bonds. The van der Waals surface area contributed by atoms with Crippen LogP contribution in [0.15, 0.2) is 17.5 Å². The van der Waals surface area contributed by atoms with Gasteiger partial charge in [-0.3, -0.25) is 4.79 Å². The number of hydrogen-bond acceptors (Lipinski definition) is 6. The standard InChI is InChI=1S/C17H23N3O2S2.ClH/c1-12-20-14(10-23-12)15-3-2-13(24-15)4-7-19-16(21)17(11-18)5-8-22-9-6-17;/h2-3,10H,4-9,11,18H2,1H3,(H,19,21);1H. The molecule has 1 aliphatic heterocycles. The zero-order valence-corrected chi connectivity index (χ0v) is 16.7. The van der Waals surface area contributed by atoms with Crippen LogP contribution in [-0.4, -0.2) is 37.2 Å². The first-order chi connectivity index (χ1) is 11.6. The lowest BCUT2D eigenvalue weighted by molar-refractivity contribution is -0.135. The van der Waals surface area contributed by atoms with Gasteiger partial charge in [0.05, 0.1) is 21.0 Å². The molecular weight excluding hydrogens is 378 g/mol. The molecular formula is C17H24ClN3O2S2. The summed E-state index contributed by atoms with van der Waals surface area (Å²) in [6, 6.07) is 4.23. The summed E-state index contributed by atoms with van der Waals surface area (Å²) in [6.45, 7) is 4.27. The number of nitrogens with one attached hydrogen (secondary N) is 1. The summed E-state index contributed by atoms with van der Waals surface area (Å²) >= 11 is 3.40. The van der Waals surface area contributed by atoms with Crippen LogP contribution in [0.1, 0.15) is 22.7 Å². The Bertz CT molecular complexity index is 696. The van der Waals surface area contributed by atoms with Gasteiger partial charge in [0, 0.05) is 36.6 Å². The molecule has 0 aromatic carbocycles. The smallest absolute Gasteiger partial charge is 0.227 e. The van der Waals surface area contributed by atoms with Crippen LogP contribution >= 0.6 is 35.1 Å². The van der Waals surface area contributed by atoms with Crippen LogP contribution in [0.25, 0.3) is 10.6 Å². The summed E-state index contributed by atoms with van der Waals surface area (Å²) in [4.78, 5) is 19.5. The molecule has 0 atom stereocenters. The highest BCUT2D eigenvalue weighted by atomic mass is 35.5. The van der Waals surface area contributed by atoms with Crippen molar-refractivity contribution in [3.8, 4) is 10.6 Å². The van der Waals surface area contributed by atoms with Crippen molar-refractivity contribution < 1.29 is 9.53 Å². The van der Waals surface area contributed by atoms with Gasteiger partial charge < -0.3 is 15.8 Å². The van der Waals surface area contributed by atoms with Gasteiger partial charge in [0.1, 0.15) is 0 Å². The maximum absolute atomic E-state index is 12.5. The summed E-state index contributed by atoms with van der Waals surface area (Å²) in [5, 5.41) is 6.23. The number of carbonyl (C=O) groups excluding carboxylic acids is 1. The molecule has 3 rings (SSSR count). The van der Waals surface area contributed by atoms with Gasteiger partial charge in [-0.1, -0.05) is 0 Å². The number of halogens is 1. The highest BCUT2D eigenvalue weighted by Gasteiger charge is 2.38. The average Bonchev–Trinajstić information content (AvgIpc) is 3.24. The third-order valence-electron chi connectivity index (χ3n) is 4.51. The van der Waals surface area contributed by atoms with Crippen molar-refractivity contribution >= 4 is 41.0 Å². The van der Waals surface area contributed by atoms with Crippen molar-refractivity contribution in [2.45, 2.75) is 26.2 Å². The lowest BCUT2D eigenvalue weighted by atomic mass is 9.79. The Morgan fingerprint density at radius 1 is 1.40 bits per heavy atom. The Morgan fingerprint density at radius 3 is 2.80 bits per heavy atom. The summed E-state index contributed by atoms with van der Waals surface area (Å²) in [7, 11) is 0. The molecule has 2 aromatic heterocycles. The molecule has 2 aromatic rings. The highest BCUT2D eigenvalue weighted by Crippen LogP contribution is 2.30. The number of aryl methyl sites for hydroxylation is 1. The largest absolute Gasteiger partial charge is 0.381 e. The second kappa shape index (κ2) is 9.09. The third kappa shape index (κ3) is 4.80. The summed E-state index contributed by atoms with van der Waals surface area (Å²) < 4.78 is 5.36. The maximum atomic E-state index is 12.5. The molecule has 0 radical (unpaired) electrons. The van der Waals surface area contributed by atoms with E-state index in [4.69, 9.17) is 10.5 Å². The molecule has 0 unspecified atom stereocenters. The van der Waals surface area contributed by atoms with E-state index in [0.29, 0.717) is 39.1 Å². The van der Waals surface area contributed by atoms with Crippen molar-refractivity contribution in [1.82, 2.24) is 10.3 Å². The van der Waals surface area contributed by atoms with Crippen LogP contribution in [0.5, 0.6) is 0 Å². The number of carbonyl (C=O) groups is 1. The number of thiazole rings is 1. The predicted molar refractivity (Wildman–Crippen MR) is 106 cm³/mol. The number of nitrogens with zero attached hydrogens (tertiary/aromatic N) is 1. The molecule has 8 heteroatoms. The molecule has 138 valence electrons. The van der Waals surface area contributed by atoms with Crippen molar-refractivity contribution in [3.05, 3.63) is 27.4 Å². The first-order valence-corrected chi connectivity index (χ1v) is 9.90. The number of rotatable bonds is 6. The summed E-state index contributed by atoms with van der Waals surface area (Å²) in [6.07, 6.45) is 2.25. The average molecular weight is 402 g/mol. The first-order valence-electron chi connectivity index (χ1n) is 8.20. The van der Waals surface area contributed by atoms with Crippen LogP contribution in [0.4, 0.5) is 0 Å². The minimum Gasteiger partial charge on any atom is -0.381 e. The first kappa shape index (κ1) is 20.3. The van der Waals surface area contributed by atoms with E-state index in [1.165, 1.54) is 9.75 Å². The molecule has 3 heterocycles. The van der Waals surface area contributed by atoms with E-state index in [1.807, 2.05) is 6.92 Å². The molecule has 5 nitrogen and oxygen atoms in total. The lowest BCUT2D eigenvalue weighted by Crippen LogP contribution is -2.49. The van der Waals surface area contributed by atoms with Crippen LogP contribution in [0.2, 0.25) is 0 Å². The number of amides is 1. The monoisotopic (exact) mass is 401 g/mol. The number of hydrogen-bond donors (Lipinski definition) is 2. The fourth-order valence-corrected chi connectivity index (χ4v) is 4.55. The third-order valence-corrected chi connectivity index (χ3v) is 6.45. The number of aromatic nitrogens is 1. The predicted octanol–water partition coefficient (Wildman–Crippen LogP) is 3.02. The van der Waals surface area contributed by atoms with Crippen LogP contribution in [0.3, 0.4) is 0 Å². The van der Waals surface area contributed by atoms with Gasteiger partial charge in [-0.25, -0.2) is 4.98 Å². The van der Waals surface area contributed by atoms with Gasteiger partial charge in [0.15, 0.2) is 0 Å². The van der Waals surface area contributed by atoms with Gasteiger partial charge in [-0.15, -0.1) is 35.1 Å². The fourth-order valence-electron chi connectivity index (χ4n) is 2.90.